The normalized spacial score (nSPS) is 12.9. The molecule has 0 rings (SSSR count). The van der Waals surface area contributed by atoms with Crippen molar-refractivity contribution in [1.82, 2.24) is 21.3 Å². The van der Waals surface area contributed by atoms with Crippen LogP contribution in [0.4, 0.5) is 0 Å². The maximum atomic E-state index is 10.3. The van der Waals surface area contributed by atoms with E-state index in [2.05, 4.69) is 21.3 Å². The largest absolute Gasteiger partial charge is 0.481 e. The second kappa shape index (κ2) is 35.6. The first kappa shape index (κ1) is 56.1. The second-order valence-electron chi connectivity index (χ2n) is 12.1. The summed E-state index contributed by atoms with van der Waals surface area (Å²) in [6, 6.07) is 1.91. The van der Waals surface area contributed by atoms with Gasteiger partial charge >= 0.3 is 23.9 Å². The predicted octanol–water partition coefficient (Wildman–Crippen LogP) is 6.22. The Morgan fingerprint density at radius 1 is 0.391 bits per heavy atom. The summed E-state index contributed by atoms with van der Waals surface area (Å²) >= 11 is 0. The van der Waals surface area contributed by atoms with Gasteiger partial charge in [0.05, 0.1) is 25.7 Å². The van der Waals surface area contributed by atoms with Crippen LogP contribution in [0, 0.1) is 0 Å². The predicted molar refractivity (Wildman–Crippen MR) is 192 cm³/mol. The number of carboxylic acids is 4. The molecule has 0 amide bonds. The van der Waals surface area contributed by atoms with Crippen LogP contribution in [-0.2, 0) is 19.2 Å². The molecule has 0 fully saturated rings. The van der Waals surface area contributed by atoms with E-state index in [1.165, 1.54) is 0 Å². The van der Waals surface area contributed by atoms with Crippen molar-refractivity contribution in [1.29, 1.82) is 0 Å². The number of aliphatic carboxylic acids is 4. The number of nitrogens with one attached hydrogen (secondary N) is 4. The molecule has 280 valence electrons. The topological polar surface area (TPSA) is 197 Å². The van der Waals surface area contributed by atoms with E-state index in [0.717, 1.165) is 25.7 Å². The van der Waals surface area contributed by atoms with Crippen LogP contribution >= 0.6 is 0 Å². The molecule has 0 radical (unpaired) electrons. The molecule has 0 aliphatic rings. The first-order valence-electron chi connectivity index (χ1n) is 16.1. The van der Waals surface area contributed by atoms with Gasteiger partial charge in [-0.05, 0) is 25.7 Å². The van der Waals surface area contributed by atoms with Crippen molar-refractivity contribution in [2.75, 3.05) is 0 Å². The van der Waals surface area contributed by atoms with Crippen LogP contribution in [0.5, 0.6) is 0 Å². The quantitative estimate of drug-likeness (QED) is 0.0730. The van der Waals surface area contributed by atoms with Crippen LogP contribution in [-0.4, -0.2) is 92.6 Å². The SMILES string of the molecule is C.C.CCC(CC(=O)O)NC(C)C.CCC(CC(=O)O)NC(C)C.CCC(CC(=O)O)NC(C)C.CCC(CC(=O)O)NC(C)C. The third kappa shape index (κ3) is 48.6. The van der Waals surface area contributed by atoms with Crippen molar-refractivity contribution < 1.29 is 39.6 Å². The standard InChI is InChI=1S/4C8H17NO2.2CH4/c4*1-4-7(5-8(10)11)9-6(2)3;;/h4*6-7,9H,4-5H2,1-3H3,(H,10,11);2*1H4. The molecule has 0 saturated heterocycles. The molecule has 0 spiro atoms. The maximum Gasteiger partial charge on any atom is 0.304 e. The number of rotatable bonds is 20. The van der Waals surface area contributed by atoms with Crippen LogP contribution in [0.1, 0.15) is 149 Å². The van der Waals surface area contributed by atoms with E-state index >= 15 is 0 Å². The van der Waals surface area contributed by atoms with E-state index in [1.807, 2.05) is 83.1 Å². The molecule has 12 nitrogen and oxygen atoms in total. The Balaban J connectivity index is -0.000000114. The van der Waals surface area contributed by atoms with E-state index in [1.54, 1.807) is 0 Å². The Morgan fingerprint density at radius 2 is 0.522 bits per heavy atom. The van der Waals surface area contributed by atoms with E-state index < -0.39 is 23.9 Å². The minimum Gasteiger partial charge on any atom is -0.481 e. The van der Waals surface area contributed by atoms with Crippen molar-refractivity contribution in [3.63, 3.8) is 0 Å². The molecule has 8 N–H and O–H groups in total. The highest BCUT2D eigenvalue weighted by Gasteiger charge is 2.13. The Labute approximate surface area is 282 Å². The Hall–Kier alpha value is -2.28. The average Bonchev–Trinajstić information content (AvgIpc) is 2.86. The summed E-state index contributed by atoms with van der Waals surface area (Å²) in [4.78, 5) is 41.2. The Bertz CT molecular complexity index is 614. The molecule has 4 unspecified atom stereocenters. The zero-order chi connectivity index (χ0) is 35.4. The lowest BCUT2D eigenvalue weighted by atomic mass is 10.1. The number of hydrogen-bond donors (Lipinski definition) is 8. The summed E-state index contributed by atoms with van der Waals surface area (Å²) in [6.07, 6.45) is 4.33. The zero-order valence-electron chi connectivity index (χ0n) is 29.7. The van der Waals surface area contributed by atoms with E-state index in [4.69, 9.17) is 20.4 Å². The summed E-state index contributed by atoms with van der Waals surface area (Å²) in [5.41, 5.74) is 0. The fourth-order valence-corrected chi connectivity index (χ4v) is 4.01. The highest BCUT2D eigenvalue weighted by molar-refractivity contribution is 5.68. The van der Waals surface area contributed by atoms with Gasteiger partial charge < -0.3 is 41.7 Å². The second-order valence-corrected chi connectivity index (χ2v) is 12.1. The van der Waals surface area contributed by atoms with Crippen molar-refractivity contribution in [2.45, 2.75) is 198 Å². The molecule has 0 aromatic heterocycles. The van der Waals surface area contributed by atoms with Gasteiger partial charge in [0.2, 0.25) is 0 Å². The molecule has 0 aliphatic carbocycles. The monoisotopic (exact) mass is 669 g/mol. The van der Waals surface area contributed by atoms with Gasteiger partial charge in [-0.15, -0.1) is 0 Å². The van der Waals surface area contributed by atoms with Crippen molar-refractivity contribution in [2.24, 2.45) is 0 Å². The van der Waals surface area contributed by atoms with Crippen LogP contribution in [0.25, 0.3) is 0 Å². The minimum atomic E-state index is -0.731. The molecule has 0 aromatic carbocycles. The number of carboxylic acid groups (broad SMARTS) is 4. The lowest BCUT2D eigenvalue weighted by Gasteiger charge is -2.17. The molecule has 0 aromatic rings. The van der Waals surface area contributed by atoms with Crippen LogP contribution in [0.2, 0.25) is 0 Å². The van der Waals surface area contributed by atoms with Crippen molar-refractivity contribution >= 4 is 23.9 Å². The van der Waals surface area contributed by atoms with E-state index in [-0.39, 0.29) is 64.7 Å². The number of hydrogen-bond acceptors (Lipinski definition) is 8. The van der Waals surface area contributed by atoms with Crippen LogP contribution in [0.15, 0.2) is 0 Å². The Morgan fingerprint density at radius 3 is 0.587 bits per heavy atom. The molecular formula is C34H76N4O8. The first-order valence-corrected chi connectivity index (χ1v) is 16.1. The van der Waals surface area contributed by atoms with E-state index in [0.29, 0.717) is 24.2 Å². The van der Waals surface area contributed by atoms with Crippen molar-refractivity contribution in [3.8, 4) is 0 Å². The smallest absolute Gasteiger partial charge is 0.304 e. The zero-order valence-corrected chi connectivity index (χ0v) is 29.7. The van der Waals surface area contributed by atoms with Gasteiger partial charge in [-0.25, -0.2) is 0 Å². The molecule has 0 aliphatic heterocycles. The molecule has 46 heavy (non-hydrogen) atoms. The summed E-state index contributed by atoms with van der Waals surface area (Å²) in [5.74, 6) is -2.93. The fraction of sp³-hybridized carbons (Fsp3) is 0.882. The average molecular weight is 669 g/mol. The lowest BCUT2D eigenvalue weighted by Crippen LogP contribution is -2.35. The van der Waals surface area contributed by atoms with Gasteiger partial charge in [-0.3, -0.25) is 19.2 Å². The molecule has 0 saturated carbocycles. The van der Waals surface area contributed by atoms with Gasteiger partial charge in [0.15, 0.2) is 0 Å². The summed E-state index contributed by atoms with van der Waals surface area (Å²) in [5, 5.41) is 46.7. The molecule has 0 bridgehead atoms. The highest BCUT2D eigenvalue weighted by Crippen LogP contribution is 2.01. The Kier molecular flexibility index (Phi) is 43.4. The molecule has 12 heteroatoms. The van der Waals surface area contributed by atoms with Gasteiger partial charge in [0.1, 0.15) is 0 Å². The lowest BCUT2D eigenvalue weighted by molar-refractivity contribution is -0.138. The minimum absolute atomic E-state index is 0. The summed E-state index contributed by atoms with van der Waals surface area (Å²) < 4.78 is 0. The highest BCUT2D eigenvalue weighted by atomic mass is 16.4. The summed E-state index contributed by atoms with van der Waals surface area (Å²) in [7, 11) is 0. The van der Waals surface area contributed by atoms with E-state index in [9.17, 15) is 19.2 Å². The third-order valence-electron chi connectivity index (χ3n) is 5.93. The van der Waals surface area contributed by atoms with Crippen molar-refractivity contribution in [3.05, 3.63) is 0 Å². The summed E-state index contributed by atoms with van der Waals surface area (Å²) in [6.45, 7) is 24.1. The number of carbonyl (C=O) groups is 4. The third-order valence-corrected chi connectivity index (χ3v) is 5.93. The van der Waals surface area contributed by atoms with Gasteiger partial charge in [-0.1, -0.05) is 97.9 Å². The van der Waals surface area contributed by atoms with Gasteiger partial charge in [-0.2, -0.15) is 0 Å². The van der Waals surface area contributed by atoms with Gasteiger partial charge in [0, 0.05) is 48.3 Å². The maximum absolute atomic E-state index is 10.3. The molecule has 0 heterocycles. The molecule has 4 atom stereocenters. The van der Waals surface area contributed by atoms with Crippen LogP contribution < -0.4 is 21.3 Å². The van der Waals surface area contributed by atoms with Crippen LogP contribution in [0.3, 0.4) is 0 Å². The van der Waals surface area contributed by atoms with Gasteiger partial charge in [0.25, 0.3) is 0 Å². The first-order chi connectivity index (χ1) is 20.2. The molecular weight excluding hydrogens is 592 g/mol. The fourth-order valence-electron chi connectivity index (χ4n) is 4.01.